The highest BCUT2D eigenvalue weighted by atomic mass is 19.1. The van der Waals surface area contributed by atoms with Crippen molar-refractivity contribution in [2.75, 3.05) is 25.1 Å². The molecule has 0 bridgehead atoms. The van der Waals surface area contributed by atoms with Crippen molar-refractivity contribution in [3.05, 3.63) is 59.4 Å². The molecule has 156 valence electrons. The third-order valence-electron chi connectivity index (χ3n) is 5.47. The molecular formula is C22H22FN3O4. The molecule has 7 nitrogen and oxygen atoms in total. The summed E-state index contributed by atoms with van der Waals surface area (Å²) in [4.78, 5) is 41.4. The van der Waals surface area contributed by atoms with Gasteiger partial charge in [0.05, 0.1) is 18.4 Å². The molecule has 2 aromatic carbocycles. The Morgan fingerprint density at radius 2 is 2.07 bits per heavy atom. The molecule has 0 aliphatic carbocycles. The van der Waals surface area contributed by atoms with Crippen LogP contribution in [-0.4, -0.2) is 48.9 Å². The van der Waals surface area contributed by atoms with Gasteiger partial charge in [0.1, 0.15) is 24.2 Å². The van der Waals surface area contributed by atoms with Crippen LogP contribution < -0.4 is 15.0 Å². The predicted octanol–water partition coefficient (Wildman–Crippen LogP) is 2.10. The number of fused-ring (bicyclic) bond motifs is 2. The van der Waals surface area contributed by atoms with Crippen LogP contribution in [0.25, 0.3) is 0 Å². The van der Waals surface area contributed by atoms with Crippen molar-refractivity contribution >= 4 is 23.4 Å². The van der Waals surface area contributed by atoms with Crippen LogP contribution in [0.2, 0.25) is 0 Å². The topological polar surface area (TPSA) is 79.0 Å². The van der Waals surface area contributed by atoms with Crippen molar-refractivity contribution in [3.63, 3.8) is 0 Å². The Morgan fingerprint density at radius 3 is 2.87 bits per heavy atom. The summed E-state index contributed by atoms with van der Waals surface area (Å²) in [5.74, 6) is -0.964. The van der Waals surface area contributed by atoms with E-state index < -0.39 is 17.8 Å². The molecule has 0 spiro atoms. The van der Waals surface area contributed by atoms with E-state index in [4.69, 9.17) is 4.74 Å². The van der Waals surface area contributed by atoms with Gasteiger partial charge in [-0.1, -0.05) is 12.1 Å². The summed E-state index contributed by atoms with van der Waals surface area (Å²) in [6.07, 6.45) is 1.25. The van der Waals surface area contributed by atoms with Gasteiger partial charge in [0, 0.05) is 13.1 Å². The van der Waals surface area contributed by atoms with Gasteiger partial charge in [-0.2, -0.15) is 0 Å². The Balaban J connectivity index is 1.56. The number of carbonyl (C=O) groups is 3. The highest BCUT2D eigenvalue weighted by Gasteiger charge is 2.42. The van der Waals surface area contributed by atoms with Crippen molar-refractivity contribution in [1.29, 1.82) is 0 Å². The van der Waals surface area contributed by atoms with Gasteiger partial charge in [-0.25, -0.2) is 4.39 Å². The zero-order valence-corrected chi connectivity index (χ0v) is 16.6. The van der Waals surface area contributed by atoms with Crippen molar-refractivity contribution < 1.29 is 23.5 Å². The Kier molecular flexibility index (Phi) is 5.39. The van der Waals surface area contributed by atoms with E-state index in [0.717, 1.165) is 11.6 Å². The molecular weight excluding hydrogens is 389 g/mol. The quantitative estimate of drug-likeness (QED) is 0.817. The summed E-state index contributed by atoms with van der Waals surface area (Å²) < 4.78 is 19.1. The highest BCUT2D eigenvalue weighted by Crippen LogP contribution is 2.32. The lowest BCUT2D eigenvalue weighted by Crippen LogP contribution is -2.48. The fourth-order valence-corrected chi connectivity index (χ4v) is 3.97. The Bertz CT molecular complexity index is 1010. The maximum atomic E-state index is 13.9. The molecule has 1 N–H and O–H groups in total. The molecule has 2 aliphatic heterocycles. The third kappa shape index (κ3) is 3.72. The number of benzene rings is 2. The molecule has 4 rings (SSSR count). The van der Waals surface area contributed by atoms with Crippen LogP contribution in [0.3, 0.4) is 0 Å². The Morgan fingerprint density at radius 1 is 1.23 bits per heavy atom. The first kappa shape index (κ1) is 19.9. The van der Waals surface area contributed by atoms with Crippen molar-refractivity contribution in [2.45, 2.75) is 25.4 Å². The number of halogens is 1. The second-order valence-electron chi connectivity index (χ2n) is 7.37. The number of nitrogens with one attached hydrogen (secondary N) is 1. The van der Waals surface area contributed by atoms with Gasteiger partial charge in [-0.3, -0.25) is 14.4 Å². The maximum absolute atomic E-state index is 13.9. The Labute approximate surface area is 173 Å². The number of rotatable bonds is 5. The van der Waals surface area contributed by atoms with Gasteiger partial charge in [0.2, 0.25) is 11.8 Å². The normalized spacial score (nSPS) is 18.0. The molecule has 2 heterocycles. The van der Waals surface area contributed by atoms with Crippen LogP contribution in [0, 0.1) is 5.82 Å². The molecule has 0 radical (unpaired) electrons. The zero-order chi connectivity index (χ0) is 21.3. The average molecular weight is 411 g/mol. The van der Waals surface area contributed by atoms with E-state index in [9.17, 15) is 18.8 Å². The first-order chi connectivity index (χ1) is 14.5. The molecule has 0 aromatic heterocycles. The van der Waals surface area contributed by atoms with Crippen molar-refractivity contribution in [3.8, 4) is 5.75 Å². The van der Waals surface area contributed by atoms with Gasteiger partial charge >= 0.3 is 0 Å². The molecule has 2 aliphatic rings. The van der Waals surface area contributed by atoms with E-state index in [1.807, 2.05) is 12.1 Å². The first-order valence-corrected chi connectivity index (χ1v) is 9.79. The lowest BCUT2D eigenvalue weighted by atomic mass is 10.1. The number of nitrogens with zero attached hydrogens (tertiary/aromatic N) is 2. The van der Waals surface area contributed by atoms with Crippen LogP contribution >= 0.6 is 0 Å². The maximum Gasteiger partial charge on any atom is 0.256 e. The molecule has 8 heteroatoms. The number of methoxy groups -OCH3 is 1. The molecule has 2 aromatic rings. The predicted molar refractivity (Wildman–Crippen MR) is 108 cm³/mol. The average Bonchev–Trinajstić information content (AvgIpc) is 3.22. The standard InChI is InChI=1S/C22H22FN3O4/c1-30-16-5-2-4-14(10-16)12-24-20(27)13-26-19-11-15(23)7-8-17(19)21(28)25-9-3-6-18(25)22(26)29/h2,4-5,7-8,10-11,18H,3,6,9,12-13H2,1H3,(H,24,27)/t18-/m1/s1. The van der Waals surface area contributed by atoms with Crippen LogP contribution in [0.5, 0.6) is 5.75 Å². The Hall–Kier alpha value is -3.42. The molecule has 30 heavy (non-hydrogen) atoms. The van der Waals surface area contributed by atoms with E-state index >= 15 is 0 Å². The third-order valence-corrected chi connectivity index (χ3v) is 5.47. The van der Waals surface area contributed by atoms with Crippen LogP contribution in [0.4, 0.5) is 10.1 Å². The van der Waals surface area contributed by atoms with E-state index in [2.05, 4.69) is 5.32 Å². The highest BCUT2D eigenvalue weighted by molar-refractivity contribution is 6.12. The van der Waals surface area contributed by atoms with E-state index in [-0.39, 0.29) is 36.2 Å². The lowest BCUT2D eigenvalue weighted by molar-refractivity contribution is -0.125. The molecule has 1 saturated heterocycles. The number of ether oxygens (including phenoxy) is 1. The fraction of sp³-hybridized carbons (Fsp3) is 0.318. The molecule has 0 saturated carbocycles. The van der Waals surface area contributed by atoms with Gasteiger partial charge in [-0.05, 0) is 48.7 Å². The number of hydrogen-bond acceptors (Lipinski definition) is 4. The summed E-state index contributed by atoms with van der Waals surface area (Å²) in [7, 11) is 1.56. The van der Waals surface area contributed by atoms with Crippen LogP contribution in [-0.2, 0) is 16.1 Å². The van der Waals surface area contributed by atoms with Gasteiger partial charge in [0.15, 0.2) is 0 Å². The smallest absolute Gasteiger partial charge is 0.256 e. The minimum Gasteiger partial charge on any atom is -0.497 e. The monoisotopic (exact) mass is 411 g/mol. The van der Waals surface area contributed by atoms with Gasteiger partial charge < -0.3 is 19.9 Å². The van der Waals surface area contributed by atoms with Gasteiger partial charge in [-0.15, -0.1) is 0 Å². The number of amides is 3. The van der Waals surface area contributed by atoms with Crippen LogP contribution in [0.1, 0.15) is 28.8 Å². The number of hydrogen-bond donors (Lipinski definition) is 1. The number of carbonyl (C=O) groups excluding carboxylic acids is 3. The summed E-state index contributed by atoms with van der Waals surface area (Å²) in [6.45, 7) is 0.432. The summed E-state index contributed by atoms with van der Waals surface area (Å²) in [5, 5.41) is 2.77. The summed E-state index contributed by atoms with van der Waals surface area (Å²) in [6, 6.07) is 10.4. The fourth-order valence-electron chi connectivity index (χ4n) is 3.97. The number of anilines is 1. The zero-order valence-electron chi connectivity index (χ0n) is 16.6. The van der Waals surface area contributed by atoms with E-state index in [0.29, 0.717) is 25.1 Å². The van der Waals surface area contributed by atoms with Crippen molar-refractivity contribution in [1.82, 2.24) is 10.2 Å². The largest absolute Gasteiger partial charge is 0.497 e. The minimum atomic E-state index is -0.626. The second-order valence-corrected chi connectivity index (χ2v) is 7.37. The summed E-state index contributed by atoms with van der Waals surface area (Å²) in [5.41, 5.74) is 1.21. The van der Waals surface area contributed by atoms with E-state index in [1.165, 1.54) is 21.9 Å². The van der Waals surface area contributed by atoms with Gasteiger partial charge in [0.25, 0.3) is 5.91 Å². The van der Waals surface area contributed by atoms with Crippen LogP contribution in [0.15, 0.2) is 42.5 Å². The SMILES string of the molecule is COc1cccc(CNC(=O)CN2C(=O)[C@H]3CCCN3C(=O)c3ccc(F)cc32)c1. The first-order valence-electron chi connectivity index (χ1n) is 9.79. The summed E-state index contributed by atoms with van der Waals surface area (Å²) >= 11 is 0. The van der Waals surface area contributed by atoms with E-state index in [1.54, 1.807) is 19.2 Å². The van der Waals surface area contributed by atoms with Crippen molar-refractivity contribution in [2.24, 2.45) is 0 Å². The molecule has 3 amide bonds. The lowest BCUT2D eigenvalue weighted by Gasteiger charge is -2.25. The molecule has 0 unspecified atom stereocenters. The minimum absolute atomic E-state index is 0.135. The molecule has 1 fully saturated rings. The second kappa shape index (κ2) is 8.14. The molecule has 1 atom stereocenters.